The number of rotatable bonds is 3. The van der Waals surface area contributed by atoms with Crippen molar-refractivity contribution in [2.75, 3.05) is 7.11 Å². The summed E-state index contributed by atoms with van der Waals surface area (Å²) in [6, 6.07) is 0.980. The number of benzene rings is 1. The van der Waals surface area contributed by atoms with Crippen LogP contribution in [0.5, 0.6) is 11.5 Å². The molecule has 1 N–H and O–H groups in total. The minimum atomic E-state index is -3.80. The van der Waals surface area contributed by atoms with Crippen molar-refractivity contribution in [1.29, 1.82) is 0 Å². The molecular weight excluding hydrogens is 259 g/mol. The number of hydrogen-bond donors (Lipinski definition) is 1. The molecular formula is C9H10ClFO4S. The molecule has 0 aliphatic heterocycles. The second-order valence-corrected chi connectivity index (χ2v) is 5.98. The molecule has 16 heavy (non-hydrogen) atoms. The molecule has 0 fully saturated rings. The Morgan fingerprint density at radius 1 is 1.56 bits per heavy atom. The van der Waals surface area contributed by atoms with Crippen LogP contribution in [0.4, 0.5) is 4.39 Å². The molecule has 90 valence electrons. The van der Waals surface area contributed by atoms with Crippen molar-refractivity contribution in [2.24, 2.45) is 0 Å². The molecule has 0 spiro atoms. The average molecular weight is 269 g/mol. The van der Waals surface area contributed by atoms with Crippen LogP contribution >= 0.6 is 10.7 Å². The first-order chi connectivity index (χ1) is 7.26. The SMILES string of the molecule is COc1c(F)cc(CS(=O)(=O)Cl)c(C)c1O. The summed E-state index contributed by atoms with van der Waals surface area (Å²) in [4.78, 5) is 0. The van der Waals surface area contributed by atoms with E-state index in [1.165, 1.54) is 14.0 Å². The van der Waals surface area contributed by atoms with E-state index in [9.17, 15) is 17.9 Å². The Bertz CT molecular complexity index is 513. The Morgan fingerprint density at radius 2 is 2.12 bits per heavy atom. The lowest BCUT2D eigenvalue weighted by molar-refractivity contribution is 0.349. The number of aromatic hydroxyl groups is 1. The Balaban J connectivity index is 3.34. The van der Waals surface area contributed by atoms with Crippen LogP contribution < -0.4 is 4.74 Å². The molecule has 0 radical (unpaired) electrons. The summed E-state index contributed by atoms with van der Waals surface area (Å²) in [6.07, 6.45) is 0. The number of hydrogen-bond acceptors (Lipinski definition) is 4. The third-order valence-corrected chi connectivity index (χ3v) is 3.08. The van der Waals surface area contributed by atoms with E-state index < -0.39 is 26.4 Å². The van der Waals surface area contributed by atoms with Crippen molar-refractivity contribution in [3.63, 3.8) is 0 Å². The maximum atomic E-state index is 13.3. The van der Waals surface area contributed by atoms with Crippen molar-refractivity contribution in [3.05, 3.63) is 23.0 Å². The van der Waals surface area contributed by atoms with Gasteiger partial charge in [-0.15, -0.1) is 0 Å². The van der Waals surface area contributed by atoms with Gasteiger partial charge in [-0.05, 0) is 24.1 Å². The molecule has 0 atom stereocenters. The number of halogens is 2. The van der Waals surface area contributed by atoms with Crippen molar-refractivity contribution < 1.29 is 22.7 Å². The summed E-state index contributed by atoms with van der Waals surface area (Å²) in [6.45, 7) is 1.45. The summed E-state index contributed by atoms with van der Waals surface area (Å²) < 4.78 is 39.7. The number of phenols is 1. The standard InChI is InChI=1S/C9H10ClFO4S/c1-5-6(4-16(10,13)14)3-7(11)9(15-2)8(5)12/h3,12H,4H2,1-2H3. The van der Waals surface area contributed by atoms with Crippen LogP contribution in [0.25, 0.3) is 0 Å². The maximum absolute atomic E-state index is 13.3. The quantitative estimate of drug-likeness (QED) is 0.851. The first-order valence-corrected chi connectivity index (χ1v) is 6.71. The van der Waals surface area contributed by atoms with Gasteiger partial charge < -0.3 is 9.84 Å². The van der Waals surface area contributed by atoms with E-state index in [4.69, 9.17) is 10.7 Å². The first kappa shape index (κ1) is 13.1. The van der Waals surface area contributed by atoms with Gasteiger partial charge in [0.1, 0.15) is 0 Å². The molecule has 0 aliphatic carbocycles. The summed E-state index contributed by atoms with van der Waals surface area (Å²) in [5, 5.41) is 9.55. The van der Waals surface area contributed by atoms with Gasteiger partial charge in [-0.3, -0.25) is 0 Å². The van der Waals surface area contributed by atoms with Crippen LogP contribution in [0.1, 0.15) is 11.1 Å². The second-order valence-electron chi connectivity index (χ2n) is 3.21. The van der Waals surface area contributed by atoms with Crippen LogP contribution in [0.15, 0.2) is 6.07 Å². The van der Waals surface area contributed by atoms with Gasteiger partial charge in [0, 0.05) is 10.7 Å². The van der Waals surface area contributed by atoms with Gasteiger partial charge in [-0.25, -0.2) is 12.8 Å². The van der Waals surface area contributed by atoms with Gasteiger partial charge in [0.05, 0.1) is 12.9 Å². The molecule has 0 aliphatic rings. The maximum Gasteiger partial charge on any atom is 0.236 e. The Morgan fingerprint density at radius 3 is 2.56 bits per heavy atom. The Hall–Kier alpha value is -1.01. The van der Waals surface area contributed by atoms with Gasteiger partial charge in [-0.1, -0.05) is 0 Å². The zero-order chi connectivity index (χ0) is 12.5. The third-order valence-electron chi connectivity index (χ3n) is 2.10. The largest absolute Gasteiger partial charge is 0.504 e. The van der Waals surface area contributed by atoms with Crippen molar-refractivity contribution in [1.82, 2.24) is 0 Å². The minimum Gasteiger partial charge on any atom is -0.504 e. The van der Waals surface area contributed by atoms with E-state index >= 15 is 0 Å². The number of phenolic OH excluding ortho intramolecular Hbond substituents is 1. The molecule has 7 heteroatoms. The summed E-state index contributed by atoms with van der Waals surface area (Å²) in [7, 11) is 2.46. The third kappa shape index (κ3) is 2.76. The highest BCUT2D eigenvalue weighted by atomic mass is 35.7. The summed E-state index contributed by atoms with van der Waals surface area (Å²) >= 11 is 0. The highest BCUT2D eigenvalue weighted by molar-refractivity contribution is 8.13. The van der Waals surface area contributed by atoms with E-state index in [1.54, 1.807) is 0 Å². The molecule has 0 amide bonds. The van der Waals surface area contributed by atoms with E-state index in [1.807, 2.05) is 0 Å². The highest BCUT2D eigenvalue weighted by Gasteiger charge is 2.18. The zero-order valence-corrected chi connectivity index (χ0v) is 10.2. The molecule has 1 aromatic carbocycles. The van der Waals surface area contributed by atoms with Crippen LogP contribution in [-0.2, 0) is 14.8 Å². The molecule has 1 rings (SSSR count). The first-order valence-electron chi connectivity index (χ1n) is 4.23. The average Bonchev–Trinajstić information content (AvgIpc) is 2.12. The Labute approximate surface area is 97.0 Å². The normalized spacial score (nSPS) is 11.5. The minimum absolute atomic E-state index is 0.103. The summed E-state index contributed by atoms with van der Waals surface area (Å²) in [5.41, 5.74) is 0.327. The predicted octanol–water partition coefficient (Wildman–Crippen LogP) is 1.92. The molecule has 0 saturated carbocycles. The molecule has 0 heterocycles. The smallest absolute Gasteiger partial charge is 0.236 e. The molecule has 0 bridgehead atoms. The lowest BCUT2D eigenvalue weighted by Gasteiger charge is -2.11. The molecule has 1 aromatic rings. The van der Waals surface area contributed by atoms with Gasteiger partial charge in [0.25, 0.3) is 0 Å². The van der Waals surface area contributed by atoms with E-state index in [2.05, 4.69) is 4.74 Å². The predicted molar refractivity (Wildman–Crippen MR) is 57.8 cm³/mol. The van der Waals surface area contributed by atoms with Gasteiger partial charge in [-0.2, -0.15) is 0 Å². The number of ether oxygens (including phenoxy) is 1. The van der Waals surface area contributed by atoms with Crippen LogP contribution in [-0.4, -0.2) is 20.6 Å². The fourth-order valence-corrected chi connectivity index (χ4v) is 2.32. The van der Waals surface area contributed by atoms with Crippen molar-refractivity contribution in [3.8, 4) is 11.5 Å². The topological polar surface area (TPSA) is 63.6 Å². The molecule has 0 saturated heterocycles. The van der Waals surface area contributed by atoms with E-state index in [-0.39, 0.29) is 16.9 Å². The number of methoxy groups -OCH3 is 1. The Kier molecular flexibility index (Phi) is 3.64. The molecule has 0 aromatic heterocycles. The van der Waals surface area contributed by atoms with Crippen LogP contribution in [0, 0.1) is 12.7 Å². The lowest BCUT2D eigenvalue weighted by Crippen LogP contribution is -2.01. The second kappa shape index (κ2) is 4.47. The fraction of sp³-hybridized carbons (Fsp3) is 0.333. The molecule has 4 nitrogen and oxygen atoms in total. The molecule has 0 unspecified atom stereocenters. The monoisotopic (exact) mass is 268 g/mol. The van der Waals surface area contributed by atoms with Crippen LogP contribution in [0.3, 0.4) is 0 Å². The van der Waals surface area contributed by atoms with Crippen molar-refractivity contribution in [2.45, 2.75) is 12.7 Å². The van der Waals surface area contributed by atoms with Crippen molar-refractivity contribution >= 4 is 19.7 Å². The lowest BCUT2D eigenvalue weighted by atomic mass is 10.1. The fourth-order valence-electron chi connectivity index (χ4n) is 1.29. The van der Waals surface area contributed by atoms with E-state index in [0.29, 0.717) is 0 Å². The highest BCUT2D eigenvalue weighted by Crippen LogP contribution is 2.35. The van der Waals surface area contributed by atoms with Gasteiger partial charge in [0.15, 0.2) is 17.3 Å². The van der Waals surface area contributed by atoms with Crippen LogP contribution in [0.2, 0.25) is 0 Å². The van der Waals surface area contributed by atoms with Gasteiger partial charge in [0.2, 0.25) is 9.05 Å². The van der Waals surface area contributed by atoms with E-state index in [0.717, 1.165) is 6.07 Å². The zero-order valence-electron chi connectivity index (χ0n) is 8.62. The summed E-state index contributed by atoms with van der Waals surface area (Å²) in [5.74, 6) is -2.11. The van der Waals surface area contributed by atoms with Gasteiger partial charge >= 0.3 is 0 Å².